The molecule has 0 fully saturated rings. The van der Waals surface area contributed by atoms with Crippen LogP contribution in [0.3, 0.4) is 0 Å². The van der Waals surface area contributed by atoms with Gasteiger partial charge in [-0.25, -0.2) is 0 Å². The molecule has 114 valence electrons. The number of nitrogens with zero attached hydrogens (tertiary/aromatic N) is 1. The molecule has 0 aliphatic rings. The monoisotopic (exact) mass is 300 g/mol. The van der Waals surface area contributed by atoms with Gasteiger partial charge in [-0.2, -0.15) is 4.57 Å². The summed E-state index contributed by atoms with van der Waals surface area (Å²) in [6, 6.07) is 15.6. The number of fused-ring (bicyclic) bond motifs is 2. The molecule has 0 radical (unpaired) electrons. The van der Waals surface area contributed by atoms with E-state index in [4.69, 9.17) is 14.9 Å². The van der Waals surface area contributed by atoms with E-state index in [2.05, 4.69) is 6.07 Å². The van der Waals surface area contributed by atoms with Gasteiger partial charge in [-0.3, -0.25) is 0 Å². The third-order valence-electron chi connectivity index (χ3n) is 3.55. The summed E-state index contributed by atoms with van der Waals surface area (Å²) in [6.07, 6.45) is -1.50. The summed E-state index contributed by atoms with van der Waals surface area (Å²) in [7, 11) is 0. The van der Waals surface area contributed by atoms with Crippen LogP contribution in [0.2, 0.25) is 0 Å². The Hall–Kier alpha value is -2.21. The quantitative estimate of drug-likeness (QED) is 0.373. The fourth-order valence-corrected chi connectivity index (χ4v) is 2.63. The van der Waals surface area contributed by atoms with E-state index in [0.717, 1.165) is 21.8 Å². The highest BCUT2D eigenvalue weighted by Crippen LogP contribution is 2.22. The summed E-state index contributed by atoms with van der Waals surface area (Å²) in [4.78, 5) is 0. The van der Waals surface area contributed by atoms with Crippen molar-refractivity contribution < 1.29 is 24.6 Å². The lowest BCUT2D eigenvalue weighted by Gasteiger charge is -2.09. The Balaban J connectivity index is 2.16. The van der Waals surface area contributed by atoms with Gasteiger partial charge < -0.3 is 20.1 Å². The minimum Gasteiger partial charge on any atom is -0.488 e. The largest absolute Gasteiger partial charge is 0.488 e. The number of aliphatic hydroxyl groups is 3. The van der Waals surface area contributed by atoms with Crippen LogP contribution >= 0.6 is 0 Å². The standard InChI is InChI=1S/C17H18NO4/c19-8-7-18-15-4-2-1-3-12(15)9-13-5-6-14(10-16(13)18)22-11-17(20)21/h1-6,9-10,17,19-21H,7-8,11H2/q+1. The van der Waals surface area contributed by atoms with E-state index in [1.165, 1.54) is 0 Å². The second-order valence-corrected chi connectivity index (χ2v) is 5.09. The summed E-state index contributed by atoms with van der Waals surface area (Å²) in [5.41, 5.74) is 1.96. The first-order valence-corrected chi connectivity index (χ1v) is 7.14. The van der Waals surface area contributed by atoms with Crippen molar-refractivity contribution in [3.63, 3.8) is 0 Å². The highest BCUT2D eigenvalue weighted by atomic mass is 16.5. The average molecular weight is 300 g/mol. The molecule has 0 amide bonds. The van der Waals surface area contributed by atoms with Crippen molar-refractivity contribution in [3.8, 4) is 5.75 Å². The molecule has 1 aromatic heterocycles. The van der Waals surface area contributed by atoms with Gasteiger partial charge in [0.25, 0.3) is 0 Å². The van der Waals surface area contributed by atoms with E-state index in [-0.39, 0.29) is 13.2 Å². The third kappa shape index (κ3) is 2.87. The van der Waals surface area contributed by atoms with Crippen molar-refractivity contribution >= 4 is 21.8 Å². The van der Waals surface area contributed by atoms with E-state index in [1.54, 1.807) is 6.07 Å². The molecule has 0 aliphatic heterocycles. The molecule has 3 N–H and O–H groups in total. The minimum absolute atomic E-state index is 0.0359. The third-order valence-corrected chi connectivity index (χ3v) is 3.55. The molecule has 3 rings (SSSR count). The van der Waals surface area contributed by atoms with Crippen molar-refractivity contribution in [2.75, 3.05) is 13.2 Å². The van der Waals surface area contributed by atoms with E-state index in [0.29, 0.717) is 12.3 Å². The number of pyridine rings is 1. The molecule has 1 heterocycles. The van der Waals surface area contributed by atoms with Crippen LogP contribution in [0.25, 0.3) is 21.8 Å². The molecule has 22 heavy (non-hydrogen) atoms. The van der Waals surface area contributed by atoms with Crippen LogP contribution in [0.4, 0.5) is 0 Å². The van der Waals surface area contributed by atoms with Gasteiger partial charge in [-0.15, -0.1) is 0 Å². The van der Waals surface area contributed by atoms with E-state index in [1.807, 2.05) is 41.0 Å². The molecule has 0 unspecified atom stereocenters. The van der Waals surface area contributed by atoms with Gasteiger partial charge in [0.15, 0.2) is 12.8 Å². The summed E-state index contributed by atoms with van der Waals surface area (Å²) < 4.78 is 7.38. The van der Waals surface area contributed by atoms with Crippen LogP contribution in [-0.4, -0.2) is 34.8 Å². The second kappa shape index (κ2) is 6.27. The number of hydrogen-bond donors (Lipinski definition) is 3. The maximum atomic E-state index is 9.37. The molecular weight excluding hydrogens is 282 g/mol. The number of para-hydroxylation sites is 1. The molecule has 0 bridgehead atoms. The number of aromatic nitrogens is 1. The first-order valence-electron chi connectivity index (χ1n) is 7.14. The van der Waals surface area contributed by atoms with Crippen molar-refractivity contribution in [3.05, 3.63) is 48.5 Å². The summed E-state index contributed by atoms with van der Waals surface area (Å²) in [6.45, 7) is 0.331. The van der Waals surface area contributed by atoms with Gasteiger partial charge in [-0.05, 0) is 24.3 Å². The fraction of sp³-hybridized carbons (Fsp3) is 0.235. The number of hydrogen-bond acceptors (Lipinski definition) is 4. The number of rotatable bonds is 5. The van der Waals surface area contributed by atoms with Gasteiger partial charge >= 0.3 is 0 Å². The van der Waals surface area contributed by atoms with Crippen LogP contribution in [-0.2, 0) is 6.54 Å². The molecule has 0 saturated carbocycles. The summed E-state index contributed by atoms with van der Waals surface area (Å²) in [5.74, 6) is 0.558. The maximum absolute atomic E-state index is 9.37. The van der Waals surface area contributed by atoms with Crippen LogP contribution in [0.5, 0.6) is 5.75 Å². The van der Waals surface area contributed by atoms with Crippen LogP contribution in [0.1, 0.15) is 0 Å². The van der Waals surface area contributed by atoms with Crippen molar-refractivity contribution in [2.45, 2.75) is 12.8 Å². The predicted molar refractivity (Wildman–Crippen MR) is 82.5 cm³/mol. The van der Waals surface area contributed by atoms with Gasteiger partial charge in [0, 0.05) is 16.8 Å². The van der Waals surface area contributed by atoms with Crippen molar-refractivity contribution in [2.24, 2.45) is 0 Å². The topological polar surface area (TPSA) is 73.8 Å². The Morgan fingerprint density at radius 1 is 0.955 bits per heavy atom. The summed E-state index contributed by atoms with van der Waals surface area (Å²) >= 11 is 0. The molecule has 0 saturated heterocycles. The molecule has 0 aliphatic carbocycles. The van der Waals surface area contributed by atoms with Crippen LogP contribution < -0.4 is 9.30 Å². The number of aliphatic hydroxyl groups excluding tert-OH is 2. The first-order chi connectivity index (χ1) is 10.7. The van der Waals surface area contributed by atoms with Crippen molar-refractivity contribution in [1.82, 2.24) is 0 Å². The molecule has 0 spiro atoms. The van der Waals surface area contributed by atoms with E-state index >= 15 is 0 Å². The second-order valence-electron chi connectivity index (χ2n) is 5.09. The van der Waals surface area contributed by atoms with Gasteiger partial charge in [0.05, 0.1) is 6.07 Å². The van der Waals surface area contributed by atoms with E-state index in [9.17, 15) is 5.11 Å². The maximum Gasteiger partial charge on any atom is 0.216 e. The van der Waals surface area contributed by atoms with Gasteiger partial charge in [0.2, 0.25) is 11.0 Å². The number of benzene rings is 2. The number of ether oxygens (including phenoxy) is 1. The SMILES string of the molecule is OCC[n+]1c2ccccc2cc2ccc(OCC(O)O)cc21. The zero-order valence-corrected chi connectivity index (χ0v) is 12.0. The normalized spacial score (nSPS) is 11.5. The predicted octanol–water partition coefficient (Wildman–Crippen LogP) is 0.962. The van der Waals surface area contributed by atoms with E-state index < -0.39 is 6.29 Å². The van der Waals surface area contributed by atoms with Crippen LogP contribution in [0.15, 0.2) is 48.5 Å². The highest BCUT2D eigenvalue weighted by molar-refractivity contribution is 5.89. The average Bonchev–Trinajstić information content (AvgIpc) is 2.53. The zero-order chi connectivity index (χ0) is 15.5. The Morgan fingerprint density at radius 2 is 1.73 bits per heavy atom. The molecule has 0 atom stereocenters. The lowest BCUT2D eigenvalue weighted by molar-refractivity contribution is -0.646. The van der Waals surface area contributed by atoms with Crippen molar-refractivity contribution in [1.29, 1.82) is 0 Å². The molecular formula is C17H18NO4+. The van der Waals surface area contributed by atoms with Crippen LogP contribution in [0, 0.1) is 0 Å². The smallest absolute Gasteiger partial charge is 0.216 e. The molecule has 3 aromatic rings. The lowest BCUT2D eigenvalue weighted by Crippen LogP contribution is -2.37. The Kier molecular flexibility index (Phi) is 4.20. The van der Waals surface area contributed by atoms with Gasteiger partial charge in [-0.1, -0.05) is 12.1 Å². The molecule has 2 aromatic carbocycles. The Labute approximate surface area is 127 Å². The Morgan fingerprint density at radius 3 is 2.50 bits per heavy atom. The highest BCUT2D eigenvalue weighted by Gasteiger charge is 2.15. The first kappa shape index (κ1) is 14.7. The van der Waals surface area contributed by atoms with Gasteiger partial charge in [0.1, 0.15) is 19.0 Å². The lowest BCUT2D eigenvalue weighted by atomic mass is 10.1. The molecule has 5 nitrogen and oxygen atoms in total. The molecule has 5 heteroatoms. The Bertz CT molecular complexity index is 801. The fourth-order valence-electron chi connectivity index (χ4n) is 2.63. The summed E-state index contributed by atoms with van der Waals surface area (Å²) in [5, 5.41) is 29.3. The minimum atomic E-state index is -1.50. The zero-order valence-electron chi connectivity index (χ0n) is 12.0.